The predicted molar refractivity (Wildman–Crippen MR) is 63.0 cm³/mol. The molecule has 0 amide bonds. The van der Waals surface area contributed by atoms with Crippen molar-refractivity contribution in [2.45, 2.75) is 26.3 Å². The second kappa shape index (κ2) is 5.69. The molecule has 0 saturated carbocycles. The first kappa shape index (κ1) is 12.0. The minimum absolute atomic E-state index is 0.108. The van der Waals surface area contributed by atoms with E-state index in [1.54, 1.807) is 0 Å². The number of nitrogens with zero attached hydrogens (tertiary/aromatic N) is 1. The first-order chi connectivity index (χ1) is 7.17. The number of hydrogen-bond acceptors (Lipinski definition) is 2. The first-order valence-electron chi connectivity index (χ1n) is 5.18. The lowest BCUT2D eigenvalue weighted by molar-refractivity contribution is 0.594. The number of hydrogen-bond donors (Lipinski definition) is 1. The lowest BCUT2D eigenvalue weighted by Gasteiger charge is -2.07. The van der Waals surface area contributed by atoms with E-state index in [-0.39, 0.29) is 5.92 Å². The van der Waals surface area contributed by atoms with Crippen LogP contribution in [-0.2, 0) is 6.42 Å². The summed E-state index contributed by atoms with van der Waals surface area (Å²) in [6, 6.07) is 10.3. The average Bonchev–Trinajstić information content (AvgIpc) is 2.26. The van der Waals surface area contributed by atoms with E-state index in [1.807, 2.05) is 37.7 Å². The molecule has 0 aliphatic heterocycles. The Labute approximate surface area is 92.9 Å². The van der Waals surface area contributed by atoms with Gasteiger partial charge in [0.05, 0.1) is 12.0 Å². The van der Waals surface area contributed by atoms with E-state index in [9.17, 15) is 4.80 Å². The van der Waals surface area contributed by atoms with Gasteiger partial charge in [-0.1, -0.05) is 31.2 Å². The van der Waals surface area contributed by atoms with Crippen LogP contribution >= 0.6 is 0 Å². The lowest BCUT2D eigenvalue weighted by Crippen LogP contribution is -2.25. The highest BCUT2D eigenvalue weighted by molar-refractivity contribution is 6.64. The van der Waals surface area contributed by atoms with Crippen molar-refractivity contribution in [1.82, 2.24) is 0 Å². The zero-order valence-corrected chi connectivity index (χ0v) is 10.2. The third-order valence-electron chi connectivity index (χ3n) is 2.53. The van der Waals surface area contributed by atoms with Gasteiger partial charge in [-0.15, -0.1) is 0 Å². The van der Waals surface area contributed by atoms with E-state index >= 15 is 0 Å². The van der Waals surface area contributed by atoms with Crippen LogP contribution in [0.5, 0.6) is 0 Å². The minimum atomic E-state index is -1.33. The van der Waals surface area contributed by atoms with E-state index in [2.05, 4.69) is 6.07 Å². The van der Waals surface area contributed by atoms with Crippen LogP contribution in [0.1, 0.15) is 18.9 Å². The standard InChI is InChI=1S/C12H16NOSi/c1-3-10(9-13)8-11-4-6-12(7-5-11)15(2)14/h4-7,10,14H,3,8H2,1-2H3. The maximum Gasteiger partial charge on any atom is 0.239 e. The molecule has 0 aliphatic carbocycles. The van der Waals surface area contributed by atoms with Gasteiger partial charge < -0.3 is 4.80 Å². The third-order valence-corrected chi connectivity index (χ3v) is 3.70. The molecule has 0 heterocycles. The van der Waals surface area contributed by atoms with Gasteiger partial charge in [-0.3, -0.25) is 0 Å². The van der Waals surface area contributed by atoms with Crippen molar-refractivity contribution in [1.29, 1.82) is 5.26 Å². The van der Waals surface area contributed by atoms with Gasteiger partial charge in [0.2, 0.25) is 9.04 Å². The summed E-state index contributed by atoms with van der Waals surface area (Å²) < 4.78 is 0. The molecule has 79 valence electrons. The highest BCUT2D eigenvalue weighted by Gasteiger charge is 2.07. The fraction of sp³-hybridized carbons (Fsp3) is 0.417. The summed E-state index contributed by atoms with van der Waals surface area (Å²) >= 11 is 0. The van der Waals surface area contributed by atoms with Gasteiger partial charge in [0.15, 0.2) is 0 Å². The smallest absolute Gasteiger partial charge is 0.239 e. The van der Waals surface area contributed by atoms with E-state index in [0.717, 1.165) is 18.0 Å². The number of benzene rings is 1. The molecule has 0 spiro atoms. The van der Waals surface area contributed by atoms with Gasteiger partial charge in [0.1, 0.15) is 0 Å². The van der Waals surface area contributed by atoms with Crippen LogP contribution in [0.3, 0.4) is 0 Å². The maximum atomic E-state index is 9.44. The van der Waals surface area contributed by atoms with E-state index in [0.29, 0.717) is 0 Å². The topological polar surface area (TPSA) is 44.0 Å². The van der Waals surface area contributed by atoms with Crippen molar-refractivity contribution in [3.8, 4) is 6.07 Å². The molecule has 1 aromatic carbocycles. The molecule has 1 radical (unpaired) electrons. The van der Waals surface area contributed by atoms with Gasteiger partial charge in [0, 0.05) is 0 Å². The molecular weight excluding hydrogens is 202 g/mol. The SMILES string of the molecule is CCC(C#N)Cc1ccc([Si](C)O)cc1. The van der Waals surface area contributed by atoms with Gasteiger partial charge in [-0.25, -0.2) is 0 Å². The van der Waals surface area contributed by atoms with Crippen LogP contribution in [0, 0.1) is 17.2 Å². The van der Waals surface area contributed by atoms with Crippen molar-refractivity contribution < 1.29 is 4.80 Å². The van der Waals surface area contributed by atoms with Crippen molar-refractivity contribution in [2.24, 2.45) is 5.92 Å². The van der Waals surface area contributed by atoms with E-state index in [4.69, 9.17) is 5.26 Å². The Morgan fingerprint density at radius 2 is 2.00 bits per heavy atom. The summed E-state index contributed by atoms with van der Waals surface area (Å²) in [6.45, 7) is 3.88. The first-order valence-corrected chi connectivity index (χ1v) is 7.13. The molecule has 0 bridgehead atoms. The Kier molecular flexibility index (Phi) is 4.54. The summed E-state index contributed by atoms with van der Waals surface area (Å²) in [4.78, 5) is 9.44. The highest BCUT2D eigenvalue weighted by Crippen LogP contribution is 2.10. The third kappa shape index (κ3) is 3.50. The zero-order valence-electron chi connectivity index (χ0n) is 9.20. The molecule has 0 aromatic heterocycles. The Hall–Kier alpha value is -1.11. The van der Waals surface area contributed by atoms with Gasteiger partial charge in [-0.05, 0) is 30.1 Å². The number of rotatable bonds is 4. The summed E-state index contributed by atoms with van der Waals surface area (Å²) in [6.07, 6.45) is 1.70. The fourth-order valence-corrected chi connectivity index (χ4v) is 2.10. The zero-order chi connectivity index (χ0) is 11.3. The Morgan fingerprint density at radius 1 is 1.40 bits per heavy atom. The van der Waals surface area contributed by atoms with Crippen LogP contribution < -0.4 is 5.19 Å². The summed E-state index contributed by atoms with van der Waals surface area (Å²) in [7, 11) is -1.33. The molecule has 15 heavy (non-hydrogen) atoms. The summed E-state index contributed by atoms with van der Waals surface area (Å²) in [5.41, 5.74) is 1.18. The van der Waals surface area contributed by atoms with Crippen molar-refractivity contribution in [3.63, 3.8) is 0 Å². The molecule has 1 unspecified atom stereocenters. The Balaban J connectivity index is 2.69. The molecule has 0 fully saturated rings. The van der Waals surface area contributed by atoms with Crippen LogP contribution in [0.2, 0.25) is 6.55 Å². The van der Waals surface area contributed by atoms with Crippen molar-refractivity contribution >= 4 is 14.2 Å². The normalized spacial score (nSPS) is 12.5. The second-order valence-electron chi connectivity index (χ2n) is 3.72. The quantitative estimate of drug-likeness (QED) is 0.780. The molecule has 1 atom stereocenters. The average molecular weight is 218 g/mol. The summed E-state index contributed by atoms with van der Waals surface area (Å²) in [5, 5.41) is 9.87. The monoisotopic (exact) mass is 218 g/mol. The van der Waals surface area contributed by atoms with Gasteiger partial charge in [0.25, 0.3) is 0 Å². The maximum absolute atomic E-state index is 9.44. The Bertz CT molecular complexity index is 340. The van der Waals surface area contributed by atoms with E-state index in [1.165, 1.54) is 5.56 Å². The molecular formula is C12H16NOSi. The van der Waals surface area contributed by atoms with Crippen LogP contribution in [0.4, 0.5) is 0 Å². The predicted octanol–water partition coefficient (Wildman–Crippen LogP) is 1.60. The molecule has 3 heteroatoms. The molecule has 0 aliphatic rings. The van der Waals surface area contributed by atoms with Crippen LogP contribution in [0.25, 0.3) is 0 Å². The molecule has 0 saturated heterocycles. The lowest BCUT2D eigenvalue weighted by atomic mass is 9.99. The van der Waals surface area contributed by atoms with E-state index < -0.39 is 9.04 Å². The van der Waals surface area contributed by atoms with Crippen LogP contribution in [-0.4, -0.2) is 13.8 Å². The minimum Gasteiger partial charge on any atom is -0.427 e. The van der Waals surface area contributed by atoms with Gasteiger partial charge in [-0.2, -0.15) is 5.26 Å². The fourth-order valence-electron chi connectivity index (χ4n) is 1.45. The second-order valence-corrected chi connectivity index (χ2v) is 5.47. The largest absolute Gasteiger partial charge is 0.427 e. The number of nitriles is 1. The molecule has 1 N–H and O–H groups in total. The van der Waals surface area contributed by atoms with Crippen molar-refractivity contribution in [3.05, 3.63) is 29.8 Å². The highest BCUT2D eigenvalue weighted by atomic mass is 28.3. The van der Waals surface area contributed by atoms with Crippen LogP contribution in [0.15, 0.2) is 24.3 Å². The molecule has 1 aromatic rings. The molecule has 2 nitrogen and oxygen atoms in total. The molecule has 1 rings (SSSR count). The van der Waals surface area contributed by atoms with Gasteiger partial charge >= 0.3 is 0 Å². The van der Waals surface area contributed by atoms with Crippen molar-refractivity contribution in [2.75, 3.05) is 0 Å². The summed E-state index contributed by atoms with van der Waals surface area (Å²) in [5.74, 6) is 0.108. The Morgan fingerprint density at radius 3 is 2.40 bits per heavy atom.